The summed E-state index contributed by atoms with van der Waals surface area (Å²) in [5.41, 5.74) is 0.842. The molecule has 0 spiro atoms. The van der Waals surface area contributed by atoms with Crippen LogP contribution in [0.1, 0.15) is 64.5 Å². The molecule has 2 amide bonds. The molecule has 0 unspecified atom stereocenters. The maximum absolute atomic E-state index is 13.5. The number of fused-ring (bicyclic) bond motifs is 1. The van der Waals surface area contributed by atoms with Gasteiger partial charge in [0.05, 0.1) is 11.9 Å². The summed E-state index contributed by atoms with van der Waals surface area (Å²) in [6, 6.07) is 2.72. The number of nitrogens with zero attached hydrogens (tertiary/aromatic N) is 6. The van der Waals surface area contributed by atoms with Crippen molar-refractivity contribution in [1.82, 2.24) is 29.3 Å². The number of carbonyl (C=O) groups is 2. The Kier molecular flexibility index (Phi) is 4.96. The molecular formula is C19H21F2N7O2. The summed E-state index contributed by atoms with van der Waals surface area (Å²) < 4.78 is 29.5. The fourth-order valence-electron chi connectivity index (χ4n) is 3.21. The van der Waals surface area contributed by atoms with Crippen molar-refractivity contribution < 1.29 is 18.4 Å². The van der Waals surface area contributed by atoms with Gasteiger partial charge in [-0.3, -0.25) is 14.3 Å². The Bertz CT molecular complexity index is 1130. The molecule has 3 aromatic rings. The van der Waals surface area contributed by atoms with Gasteiger partial charge in [0.15, 0.2) is 11.3 Å². The van der Waals surface area contributed by atoms with Crippen LogP contribution in [0.5, 0.6) is 0 Å². The molecule has 0 bridgehead atoms. The Morgan fingerprint density at radius 1 is 1.30 bits per heavy atom. The van der Waals surface area contributed by atoms with Crippen molar-refractivity contribution in [3.05, 3.63) is 41.1 Å². The van der Waals surface area contributed by atoms with Crippen molar-refractivity contribution in [3.8, 4) is 0 Å². The van der Waals surface area contributed by atoms with Crippen molar-refractivity contribution >= 4 is 23.1 Å². The molecule has 0 aliphatic heterocycles. The molecule has 30 heavy (non-hydrogen) atoms. The standard InChI is InChI=1S/C19H21F2N7O2/c1-4-27-16(19(30)26(2)3)13(9-22-27)24-18(29)12-8-15-23-11(10-5-6-10)7-14(17(20)21)28(15)25-12/h7-10,17H,4-6H2,1-3H3,(H,24,29). The summed E-state index contributed by atoms with van der Waals surface area (Å²) in [6.07, 6.45) is 0.451. The number of alkyl halides is 2. The van der Waals surface area contributed by atoms with E-state index in [2.05, 4.69) is 20.5 Å². The van der Waals surface area contributed by atoms with E-state index in [0.29, 0.717) is 12.2 Å². The van der Waals surface area contributed by atoms with Gasteiger partial charge in [-0.15, -0.1) is 0 Å². The number of hydrogen-bond acceptors (Lipinski definition) is 5. The van der Waals surface area contributed by atoms with Gasteiger partial charge in [-0.2, -0.15) is 10.2 Å². The fourth-order valence-corrected chi connectivity index (χ4v) is 3.21. The first-order valence-electron chi connectivity index (χ1n) is 9.57. The van der Waals surface area contributed by atoms with Crippen LogP contribution in [0.3, 0.4) is 0 Å². The lowest BCUT2D eigenvalue weighted by Crippen LogP contribution is -2.26. The van der Waals surface area contributed by atoms with Gasteiger partial charge < -0.3 is 10.2 Å². The molecule has 11 heteroatoms. The van der Waals surface area contributed by atoms with Crippen LogP contribution in [0.25, 0.3) is 5.65 Å². The molecule has 1 aliphatic carbocycles. The number of nitrogens with one attached hydrogen (secondary N) is 1. The highest BCUT2D eigenvalue weighted by atomic mass is 19.3. The van der Waals surface area contributed by atoms with Crippen LogP contribution in [-0.2, 0) is 6.54 Å². The molecule has 3 heterocycles. The predicted octanol–water partition coefficient (Wildman–Crippen LogP) is 2.71. The number of anilines is 1. The van der Waals surface area contributed by atoms with Crippen LogP contribution in [0.2, 0.25) is 0 Å². The Morgan fingerprint density at radius 3 is 2.63 bits per heavy atom. The van der Waals surface area contributed by atoms with Gasteiger partial charge in [-0.05, 0) is 25.8 Å². The number of carbonyl (C=O) groups excluding carboxylic acids is 2. The number of amides is 2. The van der Waals surface area contributed by atoms with Crippen LogP contribution >= 0.6 is 0 Å². The van der Waals surface area contributed by atoms with Crippen molar-refractivity contribution in [2.45, 2.75) is 38.7 Å². The zero-order chi connectivity index (χ0) is 21.6. The maximum atomic E-state index is 13.5. The molecule has 0 radical (unpaired) electrons. The number of halogens is 2. The molecule has 1 aliphatic rings. The first-order chi connectivity index (χ1) is 14.3. The third-order valence-electron chi connectivity index (χ3n) is 4.92. The third-order valence-corrected chi connectivity index (χ3v) is 4.92. The zero-order valence-corrected chi connectivity index (χ0v) is 16.8. The van der Waals surface area contributed by atoms with Gasteiger partial charge in [0.2, 0.25) is 0 Å². The predicted molar refractivity (Wildman–Crippen MR) is 104 cm³/mol. The van der Waals surface area contributed by atoms with Crippen molar-refractivity contribution in [2.24, 2.45) is 0 Å². The number of aromatic nitrogens is 5. The van der Waals surface area contributed by atoms with Crippen LogP contribution in [0.15, 0.2) is 18.3 Å². The Morgan fingerprint density at radius 2 is 2.03 bits per heavy atom. The molecule has 0 saturated heterocycles. The highest BCUT2D eigenvalue weighted by Gasteiger charge is 2.29. The highest BCUT2D eigenvalue weighted by molar-refractivity contribution is 6.07. The molecular weight excluding hydrogens is 396 g/mol. The van der Waals surface area contributed by atoms with Gasteiger partial charge in [0.1, 0.15) is 11.4 Å². The lowest BCUT2D eigenvalue weighted by atomic mass is 10.2. The average Bonchev–Trinajstić information content (AvgIpc) is 3.34. The fraction of sp³-hybridized carbons (Fsp3) is 0.421. The van der Waals surface area contributed by atoms with Gasteiger partial charge in [0, 0.05) is 38.3 Å². The molecule has 158 valence electrons. The van der Waals surface area contributed by atoms with Crippen molar-refractivity contribution in [1.29, 1.82) is 0 Å². The quantitative estimate of drug-likeness (QED) is 0.665. The van der Waals surface area contributed by atoms with E-state index in [9.17, 15) is 18.4 Å². The molecule has 1 N–H and O–H groups in total. The van der Waals surface area contributed by atoms with Crippen LogP contribution < -0.4 is 5.32 Å². The van der Waals surface area contributed by atoms with E-state index in [1.807, 2.05) is 6.92 Å². The minimum absolute atomic E-state index is 0.0788. The molecule has 0 aromatic carbocycles. The summed E-state index contributed by atoms with van der Waals surface area (Å²) in [5, 5.41) is 10.8. The lowest BCUT2D eigenvalue weighted by molar-refractivity contribution is 0.0816. The van der Waals surface area contributed by atoms with E-state index in [0.717, 1.165) is 17.4 Å². The van der Waals surface area contributed by atoms with Crippen LogP contribution in [0.4, 0.5) is 14.5 Å². The van der Waals surface area contributed by atoms with E-state index in [-0.39, 0.29) is 40.2 Å². The molecule has 9 nitrogen and oxygen atoms in total. The molecule has 0 atom stereocenters. The Balaban J connectivity index is 1.68. The summed E-state index contributed by atoms with van der Waals surface area (Å²) in [4.78, 5) is 31.0. The van der Waals surface area contributed by atoms with E-state index >= 15 is 0 Å². The number of aryl methyl sites for hydroxylation is 1. The van der Waals surface area contributed by atoms with Gasteiger partial charge >= 0.3 is 0 Å². The summed E-state index contributed by atoms with van der Waals surface area (Å²) >= 11 is 0. The Hall–Kier alpha value is -3.37. The lowest BCUT2D eigenvalue weighted by Gasteiger charge is -2.13. The number of hydrogen-bond donors (Lipinski definition) is 1. The summed E-state index contributed by atoms with van der Waals surface area (Å²) in [6.45, 7) is 2.26. The van der Waals surface area contributed by atoms with Gasteiger partial charge in [-0.1, -0.05) is 0 Å². The first kappa shape index (κ1) is 19.9. The third kappa shape index (κ3) is 3.51. The monoisotopic (exact) mass is 417 g/mol. The SMILES string of the molecule is CCn1ncc(NC(=O)c2cc3nc(C4CC4)cc(C(F)F)n3n2)c1C(=O)N(C)C. The second-order valence-electron chi connectivity index (χ2n) is 7.36. The minimum atomic E-state index is -2.75. The van der Waals surface area contributed by atoms with Crippen molar-refractivity contribution in [3.63, 3.8) is 0 Å². The van der Waals surface area contributed by atoms with E-state index < -0.39 is 12.3 Å². The first-order valence-corrected chi connectivity index (χ1v) is 9.57. The number of rotatable bonds is 6. The summed E-state index contributed by atoms with van der Waals surface area (Å²) in [7, 11) is 3.19. The normalized spacial score (nSPS) is 13.8. The summed E-state index contributed by atoms with van der Waals surface area (Å²) in [5.74, 6) is -0.785. The molecule has 4 rings (SSSR count). The molecule has 3 aromatic heterocycles. The Labute approximate surface area is 170 Å². The second kappa shape index (κ2) is 7.47. The average molecular weight is 417 g/mol. The van der Waals surface area contributed by atoms with Gasteiger partial charge in [-0.25, -0.2) is 18.3 Å². The minimum Gasteiger partial charge on any atom is -0.343 e. The maximum Gasteiger partial charge on any atom is 0.280 e. The van der Waals surface area contributed by atoms with E-state index in [1.165, 1.54) is 27.9 Å². The molecule has 1 saturated carbocycles. The highest BCUT2D eigenvalue weighted by Crippen LogP contribution is 2.40. The van der Waals surface area contributed by atoms with E-state index in [1.54, 1.807) is 14.1 Å². The largest absolute Gasteiger partial charge is 0.343 e. The van der Waals surface area contributed by atoms with Gasteiger partial charge in [0.25, 0.3) is 18.2 Å². The molecule has 1 fully saturated rings. The van der Waals surface area contributed by atoms with Crippen LogP contribution in [-0.4, -0.2) is 55.2 Å². The van der Waals surface area contributed by atoms with Crippen LogP contribution in [0, 0.1) is 0 Å². The topological polar surface area (TPSA) is 97.4 Å². The smallest absolute Gasteiger partial charge is 0.280 e. The second-order valence-corrected chi connectivity index (χ2v) is 7.36. The van der Waals surface area contributed by atoms with Crippen molar-refractivity contribution in [2.75, 3.05) is 19.4 Å². The van der Waals surface area contributed by atoms with E-state index in [4.69, 9.17) is 0 Å². The zero-order valence-electron chi connectivity index (χ0n) is 16.8.